The quantitative estimate of drug-likeness (QED) is 0.452. The maximum Gasteiger partial charge on any atom is 0.255 e. The summed E-state index contributed by atoms with van der Waals surface area (Å²) < 4.78 is 1.72. The molecule has 0 aliphatic heterocycles. The van der Waals surface area contributed by atoms with Gasteiger partial charge in [0, 0.05) is 41.7 Å². The van der Waals surface area contributed by atoms with Crippen LogP contribution in [0, 0.1) is 18.8 Å². The summed E-state index contributed by atoms with van der Waals surface area (Å²) in [5.74, 6) is 6.30. The highest BCUT2D eigenvalue weighted by atomic mass is 35.5. The van der Waals surface area contributed by atoms with E-state index in [9.17, 15) is 4.79 Å². The lowest BCUT2D eigenvalue weighted by Gasteiger charge is -2.08. The molecule has 0 aliphatic rings. The first-order valence-corrected chi connectivity index (χ1v) is 10.2. The molecule has 7 heteroatoms. The number of carbonyl (C=O) groups is 1. The van der Waals surface area contributed by atoms with E-state index in [1.165, 1.54) is 0 Å². The minimum atomic E-state index is -0.263. The van der Waals surface area contributed by atoms with Gasteiger partial charge in [-0.2, -0.15) is 5.10 Å². The number of nitrogens with zero attached hydrogens (tertiary/aromatic N) is 3. The number of hydrogen-bond donors (Lipinski definition) is 2. The average Bonchev–Trinajstić information content (AvgIpc) is 3.22. The van der Waals surface area contributed by atoms with E-state index in [0.29, 0.717) is 27.7 Å². The number of aromatic nitrogens is 3. The maximum absolute atomic E-state index is 12.7. The number of nitrogens with one attached hydrogen (secondary N) is 1. The SMILES string of the molecule is Cc1ccc(C(=O)Nc2ccccc2Cl)cc1C#Cc1cc(-c2cnn(C)c2)cnc1N. The van der Waals surface area contributed by atoms with E-state index in [1.54, 1.807) is 47.4 Å². The van der Waals surface area contributed by atoms with Gasteiger partial charge in [-0.25, -0.2) is 4.98 Å². The number of hydrogen-bond acceptors (Lipinski definition) is 4. The Morgan fingerprint density at radius 3 is 2.59 bits per heavy atom. The van der Waals surface area contributed by atoms with Crippen LogP contribution in [0.3, 0.4) is 0 Å². The smallest absolute Gasteiger partial charge is 0.255 e. The summed E-state index contributed by atoms with van der Waals surface area (Å²) in [6.07, 6.45) is 5.35. The van der Waals surface area contributed by atoms with Gasteiger partial charge in [-0.1, -0.05) is 41.6 Å². The number of anilines is 2. The molecular weight excluding hydrogens is 422 g/mol. The first-order chi connectivity index (χ1) is 15.4. The normalized spacial score (nSPS) is 10.3. The van der Waals surface area contributed by atoms with Crippen molar-refractivity contribution in [3.63, 3.8) is 0 Å². The molecule has 0 aliphatic carbocycles. The predicted molar refractivity (Wildman–Crippen MR) is 127 cm³/mol. The summed E-state index contributed by atoms with van der Waals surface area (Å²) >= 11 is 6.14. The Kier molecular flexibility index (Phi) is 5.93. The zero-order chi connectivity index (χ0) is 22.7. The van der Waals surface area contributed by atoms with Crippen molar-refractivity contribution in [3.05, 3.63) is 94.4 Å². The second kappa shape index (κ2) is 8.96. The average molecular weight is 442 g/mol. The van der Waals surface area contributed by atoms with Gasteiger partial charge in [-0.05, 0) is 42.8 Å². The number of nitrogens with two attached hydrogens (primary N) is 1. The molecule has 6 nitrogen and oxygen atoms in total. The molecule has 0 spiro atoms. The molecule has 4 aromatic rings. The Balaban J connectivity index is 1.62. The van der Waals surface area contributed by atoms with Gasteiger partial charge >= 0.3 is 0 Å². The minimum absolute atomic E-state index is 0.263. The van der Waals surface area contributed by atoms with Gasteiger partial charge in [-0.15, -0.1) is 0 Å². The number of pyridine rings is 1. The second-order valence-electron chi connectivity index (χ2n) is 7.27. The third-order valence-electron chi connectivity index (χ3n) is 4.91. The molecule has 2 heterocycles. The predicted octanol–water partition coefficient (Wildman–Crippen LogP) is 4.68. The zero-order valence-corrected chi connectivity index (χ0v) is 18.3. The van der Waals surface area contributed by atoms with E-state index in [1.807, 2.05) is 38.4 Å². The number of rotatable bonds is 3. The standard InChI is InChI=1S/C25H20ClN5O/c1-16-7-8-19(25(32)30-23-6-4-3-5-22(23)26)11-17(16)9-10-18-12-20(13-28-24(18)27)21-14-29-31(2)15-21/h3-8,11-15H,1-2H3,(H2,27,28)(H,30,32). The van der Waals surface area contributed by atoms with Gasteiger partial charge in [0.1, 0.15) is 5.82 Å². The number of para-hydroxylation sites is 1. The number of nitrogen functional groups attached to an aromatic ring is 1. The largest absolute Gasteiger partial charge is 0.383 e. The third kappa shape index (κ3) is 4.64. The van der Waals surface area contributed by atoms with Crippen LogP contribution in [0.2, 0.25) is 5.02 Å². The fourth-order valence-corrected chi connectivity index (χ4v) is 3.28. The Morgan fingerprint density at radius 1 is 1.06 bits per heavy atom. The lowest BCUT2D eigenvalue weighted by Crippen LogP contribution is -2.12. The van der Waals surface area contributed by atoms with Gasteiger partial charge < -0.3 is 11.1 Å². The summed E-state index contributed by atoms with van der Waals surface area (Å²) in [5.41, 5.74) is 11.2. The van der Waals surface area contributed by atoms with Gasteiger partial charge in [0.2, 0.25) is 0 Å². The molecule has 1 amide bonds. The number of amides is 1. The maximum atomic E-state index is 12.7. The van der Waals surface area contributed by atoms with Crippen LogP contribution in [0.25, 0.3) is 11.1 Å². The number of aryl methyl sites for hydroxylation is 2. The molecule has 158 valence electrons. The Hall–Kier alpha value is -4.08. The third-order valence-corrected chi connectivity index (χ3v) is 5.24. The zero-order valence-electron chi connectivity index (χ0n) is 17.6. The summed E-state index contributed by atoms with van der Waals surface area (Å²) in [7, 11) is 1.85. The monoisotopic (exact) mass is 441 g/mol. The molecule has 0 unspecified atom stereocenters. The Labute approximate surface area is 191 Å². The molecule has 0 saturated carbocycles. The topological polar surface area (TPSA) is 85.8 Å². The molecule has 0 atom stereocenters. The van der Waals surface area contributed by atoms with E-state index in [0.717, 1.165) is 22.3 Å². The second-order valence-corrected chi connectivity index (χ2v) is 7.68. The van der Waals surface area contributed by atoms with Crippen LogP contribution in [-0.4, -0.2) is 20.7 Å². The van der Waals surface area contributed by atoms with Gasteiger partial charge in [0.15, 0.2) is 0 Å². The number of benzene rings is 2. The van der Waals surface area contributed by atoms with Crippen molar-refractivity contribution in [1.82, 2.24) is 14.8 Å². The number of carbonyl (C=O) groups excluding carboxylic acids is 1. The molecule has 0 saturated heterocycles. The fraction of sp³-hybridized carbons (Fsp3) is 0.0800. The molecule has 32 heavy (non-hydrogen) atoms. The van der Waals surface area contributed by atoms with Gasteiger partial charge in [-0.3, -0.25) is 9.48 Å². The first-order valence-electron chi connectivity index (χ1n) is 9.84. The highest BCUT2D eigenvalue weighted by Crippen LogP contribution is 2.23. The molecule has 4 rings (SSSR count). The van der Waals surface area contributed by atoms with Gasteiger partial charge in [0.05, 0.1) is 22.5 Å². The highest BCUT2D eigenvalue weighted by Gasteiger charge is 2.10. The van der Waals surface area contributed by atoms with Crippen molar-refractivity contribution >= 4 is 29.0 Å². The van der Waals surface area contributed by atoms with E-state index < -0.39 is 0 Å². The van der Waals surface area contributed by atoms with Crippen molar-refractivity contribution in [1.29, 1.82) is 0 Å². The van der Waals surface area contributed by atoms with Crippen LogP contribution in [-0.2, 0) is 7.05 Å². The summed E-state index contributed by atoms with van der Waals surface area (Å²) in [5, 5.41) is 7.49. The molecule has 0 fully saturated rings. The minimum Gasteiger partial charge on any atom is -0.383 e. The number of halogens is 1. The van der Waals surface area contributed by atoms with Crippen molar-refractivity contribution < 1.29 is 4.79 Å². The van der Waals surface area contributed by atoms with E-state index in [2.05, 4.69) is 27.2 Å². The summed E-state index contributed by atoms with van der Waals surface area (Å²) in [4.78, 5) is 17.0. The highest BCUT2D eigenvalue weighted by molar-refractivity contribution is 6.33. The molecule has 2 aromatic heterocycles. The van der Waals surface area contributed by atoms with E-state index >= 15 is 0 Å². The van der Waals surface area contributed by atoms with Crippen LogP contribution in [0.5, 0.6) is 0 Å². The van der Waals surface area contributed by atoms with Crippen molar-refractivity contribution in [2.75, 3.05) is 11.1 Å². The van der Waals surface area contributed by atoms with Crippen LogP contribution >= 0.6 is 11.6 Å². The molecular formula is C25H20ClN5O. The molecule has 2 aromatic carbocycles. The fourth-order valence-electron chi connectivity index (χ4n) is 3.09. The molecule has 0 radical (unpaired) electrons. The Bertz CT molecular complexity index is 1380. The van der Waals surface area contributed by atoms with Crippen LogP contribution < -0.4 is 11.1 Å². The van der Waals surface area contributed by atoms with Crippen molar-refractivity contribution in [3.8, 4) is 23.0 Å². The lowest BCUT2D eigenvalue weighted by molar-refractivity contribution is 0.102. The van der Waals surface area contributed by atoms with Crippen LogP contribution in [0.15, 0.2) is 67.1 Å². The molecule has 3 N–H and O–H groups in total. The van der Waals surface area contributed by atoms with Crippen molar-refractivity contribution in [2.45, 2.75) is 6.92 Å². The first kappa shape index (κ1) is 21.2. The van der Waals surface area contributed by atoms with Crippen LogP contribution in [0.4, 0.5) is 11.5 Å². The van der Waals surface area contributed by atoms with Crippen molar-refractivity contribution in [2.24, 2.45) is 7.05 Å². The van der Waals surface area contributed by atoms with Crippen LogP contribution in [0.1, 0.15) is 27.0 Å². The summed E-state index contributed by atoms with van der Waals surface area (Å²) in [6.45, 7) is 1.94. The van der Waals surface area contributed by atoms with Gasteiger partial charge in [0.25, 0.3) is 5.91 Å². The van der Waals surface area contributed by atoms with E-state index in [4.69, 9.17) is 17.3 Å². The summed E-state index contributed by atoms with van der Waals surface area (Å²) in [6, 6.07) is 14.3. The van der Waals surface area contributed by atoms with E-state index in [-0.39, 0.29) is 5.91 Å². The lowest BCUT2D eigenvalue weighted by atomic mass is 10.0. The molecule has 0 bridgehead atoms. The Morgan fingerprint density at radius 2 is 1.84 bits per heavy atom.